The van der Waals surface area contributed by atoms with Gasteiger partial charge >= 0.3 is 6.03 Å². The van der Waals surface area contributed by atoms with Crippen molar-refractivity contribution < 1.29 is 19.4 Å². The van der Waals surface area contributed by atoms with Crippen LogP contribution < -0.4 is 19.9 Å². The van der Waals surface area contributed by atoms with Gasteiger partial charge in [0.15, 0.2) is 0 Å². The van der Waals surface area contributed by atoms with E-state index in [-0.39, 0.29) is 29.5 Å². The van der Waals surface area contributed by atoms with Gasteiger partial charge in [0, 0.05) is 80.5 Å². The Morgan fingerprint density at radius 2 is 1.55 bits per heavy atom. The molecule has 0 aromatic heterocycles. The number of benzene rings is 4. The van der Waals surface area contributed by atoms with Crippen LogP contribution in [-0.2, 0) is 11.3 Å². The van der Waals surface area contributed by atoms with Crippen LogP contribution in [0.5, 0.6) is 11.5 Å². The van der Waals surface area contributed by atoms with Crippen LogP contribution in [0.3, 0.4) is 0 Å². The molecule has 0 bridgehead atoms. The van der Waals surface area contributed by atoms with E-state index in [0.29, 0.717) is 19.6 Å². The van der Waals surface area contributed by atoms with Crippen molar-refractivity contribution in [2.24, 2.45) is 0 Å². The summed E-state index contributed by atoms with van der Waals surface area (Å²) in [6, 6.07) is 32.6. The number of imide groups is 1. The number of rotatable bonds is 6. The van der Waals surface area contributed by atoms with Gasteiger partial charge in [-0.15, -0.1) is 0 Å². The second-order valence-corrected chi connectivity index (χ2v) is 11.8. The van der Waals surface area contributed by atoms with Gasteiger partial charge in [-0.25, -0.2) is 4.79 Å². The number of para-hydroxylation sites is 1. The first kappa shape index (κ1) is 28.0. The first-order valence-corrected chi connectivity index (χ1v) is 15.3. The fourth-order valence-electron chi connectivity index (χ4n) is 6.80. The van der Waals surface area contributed by atoms with Crippen LogP contribution in [0.4, 0.5) is 16.2 Å². The number of phenolic OH excluding ortho intramolecular Hbond substituents is 1. The Morgan fingerprint density at radius 3 is 2.32 bits per heavy atom. The predicted octanol–water partition coefficient (Wildman–Crippen LogP) is 5.47. The lowest BCUT2D eigenvalue weighted by Crippen LogP contribution is -2.50. The highest BCUT2D eigenvalue weighted by Gasteiger charge is 2.34. The number of nitrogens with zero attached hydrogens (tertiary/aromatic N) is 3. The van der Waals surface area contributed by atoms with Crippen molar-refractivity contribution in [1.82, 2.24) is 10.2 Å². The van der Waals surface area contributed by atoms with Gasteiger partial charge in [-0.05, 0) is 41.0 Å². The molecule has 0 spiro atoms. The van der Waals surface area contributed by atoms with Crippen molar-refractivity contribution in [2.75, 3.05) is 49.1 Å². The molecule has 8 nitrogen and oxygen atoms in total. The van der Waals surface area contributed by atoms with Gasteiger partial charge in [0.25, 0.3) is 0 Å². The summed E-state index contributed by atoms with van der Waals surface area (Å²) in [6.07, 6.45) is 0.315. The van der Waals surface area contributed by atoms with Crippen molar-refractivity contribution >= 4 is 23.3 Å². The van der Waals surface area contributed by atoms with Crippen LogP contribution in [0, 0.1) is 0 Å². The monoisotopic (exact) mass is 588 g/mol. The molecular weight excluding hydrogens is 552 g/mol. The number of piperazine rings is 1. The summed E-state index contributed by atoms with van der Waals surface area (Å²) >= 11 is 0. The molecule has 44 heavy (non-hydrogen) atoms. The van der Waals surface area contributed by atoms with Gasteiger partial charge in [0.2, 0.25) is 5.91 Å². The number of aromatic hydroxyl groups is 1. The standard InChI is InChI=1S/C36H36N4O4/c41-29-14-15-30-33(22-29)44-24-31(25-6-2-1-3-7-25)35(30)26-10-12-28(13-11-26)39-20-18-38(19-21-39)23-27-8-4-5-9-32(27)40-17-16-34(42)37-36(40)43/h1-15,22,31,35,41H,16-21,23-24H2,(H,37,42,43)/t31-,35-/m0/s1. The number of nitrogens with one attached hydrogen (secondary N) is 1. The molecule has 0 aliphatic carbocycles. The lowest BCUT2D eigenvalue weighted by atomic mass is 9.76. The van der Waals surface area contributed by atoms with Gasteiger partial charge in [-0.2, -0.15) is 0 Å². The maximum Gasteiger partial charge on any atom is 0.328 e. The molecule has 7 rings (SSSR count). The first-order valence-electron chi connectivity index (χ1n) is 15.3. The quantitative estimate of drug-likeness (QED) is 0.311. The van der Waals surface area contributed by atoms with Gasteiger partial charge in [0.05, 0.1) is 6.61 Å². The van der Waals surface area contributed by atoms with E-state index < -0.39 is 0 Å². The smallest absolute Gasteiger partial charge is 0.328 e. The Kier molecular flexibility index (Phi) is 7.66. The largest absolute Gasteiger partial charge is 0.508 e. The lowest BCUT2D eigenvalue weighted by Gasteiger charge is -2.37. The van der Waals surface area contributed by atoms with Gasteiger partial charge in [-0.1, -0.05) is 66.7 Å². The van der Waals surface area contributed by atoms with Gasteiger partial charge in [-0.3, -0.25) is 19.9 Å². The van der Waals surface area contributed by atoms with E-state index in [1.54, 1.807) is 17.0 Å². The molecule has 224 valence electrons. The molecule has 3 amide bonds. The molecule has 0 saturated carbocycles. The molecule has 3 aliphatic rings. The molecule has 4 aromatic rings. The molecule has 3 aliphatic heterocycles. The summed E-state index contributed by atoms with van der Waals surface area (Å²) in [7, 11) is 0. The van der Waals surface area contributed by atoms with Crippen LogP contribution >= 0.6 is 0 Å². The zero-order valence-electron chi connectivity index (χ0n) is 24.6. The average Bonchev–Trinajstić information content (AvgIpc) is 3.05. The lowest BCUT2D eigenvalue weighted by molar-refractivity contribution is -0.120. The van der Waals surface area contributed by atoms with Crippen LogP contribution in [0.2, 0.25) is 0 Å². The van der Waals surface area contributed by atoms with E-state index in [9.17, 15) is 14.7 Å². The molecule has 0 radical (unpaired) electrons. The molecular formula is C36H36N4O4. The number of anilines is 2. The highest BCUT2D eigenvalue weighted by Crippen LogP contribution is 2.47. The number of carbonyl (C=O) groups excluding carboxylic acids is 2. The zero-order chi connectivity index (χ0) is 30.0. The molecule has 2 N–H and O–H groups in total. The normalized spacial score (nSPS) is 20.5. The number of carbonyl (C=O) groups is 2. The molecule has 2 saturated heterocycles. The van der Waals surface area contributed by atoms with Crippen molar-refractivity contribution in [2.45, 2.75) is 24.8 Å². The summed E-state index contributed by atoms with van der Waals surface area (Å²) in [5, 5.41) is 12.5. The van der Waals surface area contributed by atoms with E-state index >= 15 is 0 Å². The van der Waals surface area contributed by atoms with Crippen LogP contribution in [-0.4, -0.2) is 61.3 Å². The average molecular weight is 589 g/mol. The summed E-state index contributed by atoms with van der Waals surface area (Å²) in [5.74, 6) is 1.03. The highest BCUT2D eigenvalue weighted by atomic mass is 16.5. The maximum atomic E-state index is 12.5. The Bertz CT molecular complexity index is 1650. The molecule has 2 atom stereocenters. The fraction of sp³-hybridized carbons (Fsp3) is 0.278. The molecule has 4 aromatic carbocycles. The molecule has 0 unspecified atom stereocenters. The van der Waals surface area contributed by atoms with E-state index in [1.165, 1.54) is 16.8 Å². The summed E-state index contributed by atoms with van der Waals surface area (Å²) in [4.78, 5) is 30.7. The Hall–Kier alpha value is -4.82. The van der Waals surface area contributed by atoms with Crippen LogP contribution in [0.25, 0.3) is 0 Å². The number of phenols is 1. The number of hydrogen-bond donors (Lipinski definition) is 2. The Balaban J connectivity index is 1.05. The predicted molar refractivity (Wildman–Crippen MR) is 171 cm³/mol. The van der Waals surface area contributed by atoms with Gasteiger partial charge < -0.3 is 14.7 Å². The minimum atomic E-state index is -0.348. The number of hydrogen-bond acceptors (Lipinski definition) is 6. The van der Waals surface area contributed by atoms with Gasteiger partial charge in [0.1, 0.15) is 11.5 Å². The number of fused-ring (bicyclic) bond motifs is 1. The Labute approximate surface area is 257 Å². The van der Waals surface area contributed by atoms with Crippen molar-refractivity contribution in [3.05, 3.63) is 119 Å². The molecule has 8 heteroatoms. The maximum absolute atomic E-state index is 12.5. The summed E-state index contributed by atoms with van der Waals surface area (Å²) in [6.45, 7) is 5.35. The van der Waals surface area contributed by atoms with Crippen molar-refractivity contribution in [1.29, 1.82) is 0 Å². The minimum Gasteiger partial charge on any atom is -0.508 e. The zero-order valence-corrected chi connectivity index (χ0v) is 24.6. The summed E-state index contributed by atoms with van der Waals surface area (Å²) in [5.41, 5.74) is 6.74. The second-order valence-electron chi connectivity index (χ2n) is 11.8. The third kappa shape index (κ3) is 5.61. The van der Waals surface area contributed by atoms with Crippen molar-refractivity contribution in [3.8, 4) is 11.5 Å². The third-order valence-corrected chi connectivity index (χ3v) is 9.10. The fourth-order valence-corrected chi connectivity index (χ4v) is 6.80. The molecule has 3 heterocycles. The number of urea groups is 1. The number of amides is 3. The van der Waals surface area contributed by atoms with Crippen molar-refractivity contribution in [3.63, 3.8) is 0 Å². The first-order chi connectivity index (χ1) is 21.5. The topological polar surface area (TPSA) is 85.4 Å². The van der Waals surface area contributed by atoms with E-state index in [2.05, 4.69) is 69.7 Å². The molecule has 2 fully saturated rings. The minimum absolute atomic E-state index is 0.118. The van der Waals surface area contributed by atoms with Crippen LogP contribution in [0.1, 0.15) is 40.5 Å². The van der Waals surface area contributed by atoms with E-state index in [4.69, 9.17) is 4.74 Å². The van der Waals surface area contributed by atoms with Crippen LogP contribution in [0.15, 0.2) is 97.1 Å². The third-order valence-electron chi connectivity index (χ3n) is 9.10. The van der Waals surface area contributed by atoms with E-state index in [1.807, 2.05) is 30.3 Å². The summed E-state index contributed by atoms with van der Waals surface area (Å²) < 4.78 is 6.14. The highest BCUT2D eigenvalue weighted by molar-refractivity contribution is 6.05. The number of ether oxygens (including phenoxy) is 1. The SMILES string of the molecule is O=C1CCN(c2ccccc2CN2CCN(c3ccc([C@H]4c5ccc(O)cc5OC[C@H]4c4ccccc4)cc3)CC2)C(=O)N1. The van der Waals surface area contributed by atoms with E-state index in [0.717, 1.165) is 55.3 Å². The second kappa shape index (κ2) is 12.1. The Morgan fingerprint density at radius 1 is 0.795 bits per heavy atom.